The van der Waals surface area contributed by atoms with Gasteiger partial charge in [-0.2, -0.15) is 0 Å². The van der Waals surface area contributed by atoms with Crippen LogP contribution in [-0.4, -0.2) is 29.2 Å². The van der Waals surface area contributed by atoms with Crippen LogP contribution in [0.5, 0.6) is 0 Å². The summed E-state index contributed by atoms with van der Waals surface area (Å²) in [6.07, 6.45) is 8.29. The van der Waals surface area contributed by atoms with E-state index in [9.17, 15) is 10.3 Å². The lowest BCUT2D eigenvalue weighted by molar-refractivity contribution is -0.418. The van der Waals surface area contributed by atoms with Crippen molar-refractivity contribution in [2.75, 3.05) is 7.05 Å². The van der Waals surface area contributed by atoms with Gasteiger partial charge in [0.05, 0.1) is 6.10 Å². The fraction of sp³-hybridized carbons (Fsp3) is 0.933. The van der Waals surface area contributed by atoms with Crippen LogP contribution < -0.4 is 0 Å². The number of aliphatic hydroxyl groups is 1. The highest BCUT2D eigenvalue weighted by Crippen LogP contribution is 2.57. The molecule has 1 unspecified atom stereocenters. The third kappa shape index (κ3) is 2.42. The van der Waals surface area contributed by atoms with Gasteiger partial charge in [-0.05, 0) is 48.9 Å². The Morgan fingerprint density at radius 2 is 2.17 bits per heavy atom. The topological polar surface area (TPSA) is 46.3 Å². The number of hydrogen-bond donors (Lipinski definition) is 1. The van der Waals surface area contributed by atoms with E-state index in [0.717, 1.165) is 24.0 Å². The van der Waals surface area contributed by atoms with E-state index in [0.29, 0.717) is 23.2 Å². The number of hydrogen-bond acceptors (Lipinski definition) is 2. The van der Waals surface area contributed by atoms with Gasteiger partial charge in [-0.25, -0.2) is 4.74 Å². The first-order valence-electron chi connectivity index (χ1n) is 7.36. The highest BCUT2D eigenvalue weighted by molar-refractivity contribution is 5.51. The number of aliphatic hydroxyl groups excluding tert-OH is 1. The number of fused-ring (bicyclic) bond motifs is 1. The summed E-state index contributed by atoms with van der Waals surface area (Å²) in [7, 11) is 1.55. The fourth-order valence-corrected chi connectivity index (χ4v) is 4.60. The normalized spacial score (nSPS) is 42.7. The van der Waals surface area contributed by atoms with Crippen LogP contribution in [0.3, 0.4) is 0 Å². The molecule has 0 amide bonds. The predicted molar refractivity (Wildman–Crippen MR) is 73.6 cm³/mol. The van der Waals surface area contributed by atoms with Crippen molar-refractivity contribution in [2.45, 2.75) is 58.5 Å². The smallest absolute Gasteiger partial charge is 0.150 e. The largest absolute Gasteiger partial charge is 0.624 e. The number of hydroxylamine groups is 1. The molecule has 0 radical (unpaired) electrons. The molecular formula is C15H27NO2. The molecule has 2 fully saturated rings. The predicted octanol–water partition coefficient (Wildman–Crippen LogP) is 2.80. The Kier molecular flexibility index (Phi) is 4.00. The van der Waals surface area contributed by atoms with E-state index in [1.807, 2.05) is 0 Å². The van der Waals surface area contributed by atoms with Crippen LogP contribution in [-0.2, 0) is 0 Å². The molecule has 0 aromatic carbocycles. The second-order valence-corrected chi connectivity index (χ2v) is 6.70. The molecule has 2 saturated carbocycles. The Morgan fingerprint density at radius 1 is 1.44 bits per heavy atom. The third-order valence-corrected chi connectivity index (χ3v) is 5.58. The Hall–Kier alpha value is -0.570. The standard InChI is InChI=1S/C15H27NO2/c1-11(8-10-16(3)18)12-6-7-13-14(17)5-4-9-15(12,13)2/h10-14,17H,4-9H2,1-3H3/b16-10-/t11?,12-,13+,14+,15-/m1/s1. The van der Waals surface area contributed by atoms with Gasteiger partial charge in [0.15, 0.2) is 6.21 Å². The zero-order valence-corrected chi connectivity index (χ0v) is 11.9. The summed E-state index contributed by atoms with van der Waals surface area (Å²) in [4.78, 5) is 0. The molecule has 0 saturated heterocycles. The summed E-state index contributed by atoms with van der Waals surface area (Å²) in [6, 6.07) is 0. The molecule has 3 nitrogen and oxygen atoms in total. The summed E-state index contributed by atoms with van der Waals surface area (Å²) in [5.74, 6) is 1.69. The lowest BCUT2D eigenvalue weighted by Crippen LogP contribution is -2.41. The van der Waals surface area contributed by atoms with Crippen LogP contribution in [0.15, 0.2) is 0 Å². The summed E-state index contributed by atoms with van der Waals surface area (Å²) in [6.45, 7) is 4.63. The molecule has 3 heteroatoms. The van der Waals surface area contributed by atoms with Crippen LogP contribution in [0.2, 0.25) is 0 Å². The molecule has 5 atom stereocenters. The zero-order valence-electron chi connectivity index (χ0n) is 11.9. The Balaban J connectivity index is 2.08. The van der Waals surface area contributed by atoms with Crippen LogP contribution in [0.25, 0.3) is 0 Å². The van der Waals surface area contributed by atoms with Gasteiger partial charge in [0.2, 0.25) is 0 Å². The average Bonchev–Trinajstić information content (AvgIpc) is 2.64. The molecule has 2 aliphatic carbocycles. The minimum Gasteiger partial charge on any atom is -0.624 e. The molecule has 104 valence electrons. The van der Waals surface area contributed by atoms with E-state index < -0.39 is 0 Å². The second kappa shape index (κ2) is 5.20. The van der Waals surface area contributed by atoms with E-state index in [2.05, 4.69) is 13.8 Å². The van der Waals surface area contributed by atoms with Crippen LogP contribution in [0.4, 0.5) is 0 Å². The van der Waals surface area contributed by atoms with Gasteiger partial charge in [-0.3, -0.25) is 0 Å². The lowest BCUT2D eigenvalue weighted by atomic mass is 9.61. The minimum absolute atomic E-state index is 0.0906. The van der Waals surface area contributed by atoms with Crippen molar-refractivity contribution >= 4 is 6.21 Å². The maximum atomic E-state index is 11.0. The van der Waals surface area contributed by atoms with Crippen molar-refractivity contribution in [3.8, 4) is 0 Å². The fourth-order valence-electron chi connectivity index (χ4n) is 4.60. The summed E-state index contributed by atoms with van der Waals surface area (Å²) < 4.78 is 0.918. The van der Waals surface area contributed by atoms with Crippen LogP contribution in [0.1, 0.15) is 52.4 Å². The van der Waals surface area contributed by atoms with E-state index in [1.54, 1.807) is 13.3 Å². The number of rotatable bonds is 3. The average molecular weight is 253 g/mol. The maximum absolute atomic E-state index is 11.0. The van der Waals surface area contributed by atoms with E-state index >= 15 is 0 Å². The molecule has 0 heterocycles. The van der Waals surface area contributed by atoms with E-state index in [4.69, 9.17) is 0 Å². The van der Waals surface area contributed by atoms with Gasteiger partial charge < -0.3 is 10.3 Å². The van der Waals surface area contributed by atoms with Crippen molar-refractivity contribution in [2.24, 2.45) is 23.2 Å². The first kappa shape index (κ1) is 13.9. The SMILES string of the molecule is CC(C/C=[N+](/C)[O-])[C@H]1CC[C@H]2[C@@H](O)CCC[C@]12C. The summed E-state index contributed by atoms with van der Waals surface area (Å²) >= 11 is 0. The molecule has 0 aliphatic heterocycles. The second-order valence-electron chi connectivity index (χ2n) is 6.70. The van der Waals surface area contributed by atoms with E-state index in [1.165, 1.54) is 19.3 Å². The Bertz CT molecular complexity index is 324. The minimum atomic E-state index is -0.0906. The highest BCUT2D eigenvalue weighted by atomic mass is 16.5. The first-order valence-corrected chi connectivity index (χ1v) is 7.36. The number of nitrogens with zero attached hydrogens (tertiary/aromatic N) is 1. The molecule has 0 spiro atoms. The molecular weight excluding hydrogens is 226 g/mol. The Morgan fingerprint density at radius 3 is 2.83 bits per heavy atom. The molecule has 0 bridgehead atoms. The van der Waals surface area contributed by atoms with E-state index in [-0.39, 0.29) is 6.10 Å². The van der Waals surface area contributed by atoms with Crippen molar-refractivity contribution < 1.29 is 9.85 Å². The summed E-state index contributed by atoms with van der Waals surface area (Å²) in [5, 5.41) is 21.2. The molecule has 0 aromatic heterocycles. The van der Waals surface area contributed by atoms with Gasteiger partial charge in [0, 0.05) is 6.42 Å². The van der Waals surface area contributed by atoms with Gasteiger partial charge >= 0.3 is 0 Å². The maximum Gasteiger partial charge on any atom is 0.150 e. The van der Waals surface area contributed by atoms with Crippen molar-refractivity contribution in [3.63, 3.8) is 0 Å². The molecule has 18 heavy (non-hydrogen) atoms. The third-order valence-electron chi connectivity index (χ3n) is 5.58. The lowest BCUT2D eigenvalue weighted by Gasteiger charge is -2.45. The quantitative estimate of drug-likeness (QED) is 0.364. The van der Waals surface area contributed by atoms with Gasteiger partial charge in [0.1, 0.15) is 7.05 Å². The highest BCUT2D eigenvalue weighted by Gasteiger charge is 2.52. The van der Waals surface area contributed by atoms with Crippen LogP contribution in [0, 0.1) is 28.4 Å². The van der Waals surface area contributed by atoms with Gasteiger partial charge in [-0.1, -0.05) is 20.3 Å². The van der Waals surface area contributed by atoms with Crippen LogP contribution >= 0.6 is 0 Å². The molecule has 2 aliphatic rings. The molecule has 1 N–H and O–H groups in total. The monoisotopic (exact) mass is 253 g/mol. The van der Waals surface area contributed by atoms with Gasteiger partial charge in [0.25, 0.3) is 0 Å². The van der Waals surface area contributed by atoms with Crippen molar-refractivity contribution in [3.05, 3.63) is 5.21 Å². The van der Waals surface area contributed by atoms with Crippen molar-refractivity contribution in [1.29, 1.82) is 0 Å². The summed E-state index contributed by atoms with van der Waals surface area (Å²) in [5.41, 5.74) is 0.298. The Labute approximate surface area is 110 Å². The first-order chi connectivity index (χ1) is 8.45. The molecule has 0 aromatic rings. The molecule has 2 rings (SSSR count). The van der Waals surface area contributed by atoms with Gasteiger partial charge in [-0.15, -0.1) is 0 Å². The zero-order chi connectivity index (χ0) is 13.3. The van der Waals surface area contributed by atoms with Crippen molar-refractivity contribution in [1.82, 2.24) is 0 Å².